The molecule has 0 atom stereocenters. The Bertz CT molecular complexity index is 808. The second-order valence-corrected chi connectivity index (χ2v) is 15.8. The first-order valence-electron chi connectivity index (χ1n) is 11.3. The van der Waals surface area contributed by atoms with Crippen LogP contribution in [0.25, 0.3) is 0 Å². The Balaban J connectivity index is 1.56. The minimum Gasteiger partial charge on any atom is -0.444 e. The van der Waals surface area contributed by atoms with Crippen molar-refractivity contribution in [3.63, 3.8) is 0 Å². The molecule has 0 unspecified atom stereocenters. The molecule has 2 aliphatic rings. The summed E-state index contributed by atoms with van der Waals surface area (Å²) in [6.45, 7) is 16.4. The molecule has 2 fully saturated rings. The molecule has 1 spiro atoms. The topological polar surface area (TPSA) is 32.8 Å². The van der Waals surface area contributed by atoms with Gasteiger partial charge < -0.3 is 14.5 Å². The van der Waals surface area contributed by atoms with E-state index in [0.29, 0.717) is 5.41 Å². The zero-order valence-electron chi connectivity index (χ0n) is 19.7. The molecular formula is C25H38N2O2Si. The first-order valence-corrected chi connectivity index (χ1v) is 14.8. The lowest BCUT2D eigenvalue weighted by atomic mass is 9.71. The molecule has 1 aromatic rings. The normalized spacial score (nSPS) is 19.3. The van der Waals surface area contributed by atoms with Crippen LogP contribution in [0.15, 0.2) is 24.3 Å². The standard InChI is InChI=1S/C25H38N2O2Si/c1-24(2,3)29-23(28)27-17-13-25(14-18-27)11-15-26(16-12-25)22-9-7-8-21(20-22)10-19-30(4,5)6/h7-9,20H,11-18H2,1-6H3. The molecule has 0 radical (unpaired) electrons. The molecule has 0 aromatic heterocycles. The Hall–Kier alpha value is -1.93. The van der Waals surface area contributed by atoms with Crippen LogP contribution in [0.3, 0.4) is 0 Å². The third-order valence-corrected chi connectivity index (χ3v) is 6.97. The molecule has 164 valence electrons. The van der Waals surface area contributed by atoms with Gasteiger partial charge in [-0.3, -0.25) is 0 Å². The fraction of sp³-hybridized carbons (Fsp3) is 0.640. The highest BCUT2D eigenvalue weighted by molar-refractivity contribution is 6.83. The average Bonchev–Trinajstić information content (AvgIpc) is 2.66. The number of carbonyl (C=O) groups excluding carboxylic acids is 1. The minimum absolute atomic E-state index is 0.161. The van der Waals surface area contributed by atoms with E-state index in [4.69, 9.17) is 4.74 Å². The maximum absolute atomic E-state index is 12.4. The quantitative estimate of drug-likeness (QED) is 0.437. The smallest absolute Gasteiger partial charge is 0.410 e. The molecule has 1 amide bonds. The number of nitrogens with zero attached hydrogens (tertiary/aromatic N) is 2. The number of ether oxygens (including phenoxy) is 1. The summed E-state index contributed by atoms with van der Waals surface area (Å²) in [5, 5.41) is 0. The van der Waals surface area contributed by atoms with Crippen molar-refractivity contribution in [3.05, 3.63) is 29.8 Å². The number of anilines is 1. The monoisotopic (exact) mass is 426 g/mol. The van der Waals surface area contributed by atoms with Crippen molar-refractivity contribution < 1.29 is 9.53 Å². The van der Waals surface area contributed by atoms with Crippen molar-refractivity contribution in [1.29, 1.82) is 0 Å². The largest absolute Gasteiger partial charge is 0.444 e. The van der Waals surface area contributed by atoms with Gasteiger partial charge in [-0.05, 0) is 70.1 Å². The molecule has 0 N–H and O–H groups in total. The van der Waals surface area contributed by atoms with Gasteiger partial charge in [0.2, 0.25) is 0 Å². The van der Waals surface area contributed by atoms with E-state index in [1.807, 2.05) is 25.7 Å². The number of hydrogen-bond donors (Lipinski definition) is 0. The van der Waals surface area contributed by atoms with E-state index in [9.17, 15) is 4.79 Å². The highest BCUT2D eigenvalue weighted by atomic mass is 28.3. The lowest BCUT2D eigenvalue weighted by Gasteiger charge is -2.47. The SMILES string of the molecule is CC(C)(C)OC(=O)N1CCC2(CC1)CCN(c1cccc(C#C[Si](C)(C)C)c1)CC2. The Morgan fingerprint density at radius 2 is 1.63 bits per heavy atom. The fourth-order valence-electron chi connectivity index (χ4n) is 4.27. The Morgan fingerprint density at radius 3 is 2.20 bits per heavy atom. The van der Waals surface area contributed by atoms with Gasteiger partial charge in [0.05, 0.1) is 0 Å². The molecule has 2 heterocycles. The predicted octanol–water partition coefficient (Wildman–Crippen LogP) is 5.53. The Kier molecular flexibility index (Phi) is 6.57. The maximum atomic E-state index is 12.4. The number of amides is 1. The van der Waals surface area contributed by atoms with Gasteiger partial charge in [-0.1, -0.05) is 31.6 Å². The van der Waals surface area contributed by atoms with Crippen LogP contribution in [0.4, 0.5) is 10.5 Å². The van der Waals surface area contributed by atoms with Gasteiger partial charge in [-0.15, -0.1) is 5.54 Å². The third kappa shape index (κ3) is 6.28. The van der Waals surface area contributed by atoms with E-state index >= 15 is 0 Å². The summed E-state index contributed by atoms with van der Waals surface area (Å²) in [4.78, 5) is 16.8. The molecule has 2 aliphatic heterocycles. The van der Waals surface area contributed by atoms with Gasteiger partial charge in [0.1, 0.15) is 13.7 Å². The van der Waals surface area contributed by atoms with Crippen LogP contribution < -0.4 is 4.90 Å². The van der Waals surface area contributed by atoms with E-state index in [2.05, 4.69) is 60.3 Å². The fourth-order valence-corrected chi connectivity index (χ4v) is 4.79. The average molecular weight is 427 g/mol. The van der Waals surface area contributed by atoms with Crippen molar-refractivity contribution in [2.75, 3.05) is 31.1 Å². The summed E-state index contributed by atoms with van der Waals surface area (Å²) < 4.78 is 5.55. The van der Waals surface area contributed by atoms with Crippen molar-refractivity contribution in [2.45, 2.75) is 71.7 Å². The predicted molar refractivity (Wildman–Crippen MR) is 128 cm³/mol. The molecule has 3 rings (SSSR count). The van der Waals surface area contributed by atoms with Crippen LogP contribution in [0.1, 0.15) is 52.0 Å². The van der Waals surface area contributed by atoms with Gasteiger partial charge in [0.15, 0.2) is 0 Å². The second-order valence-electron chi connectivity index (χ2n) is 11.0. The summed E-state index contributed by atoms with van der Waals surface area (Å²) in [7, 11) is -1.36. The summed E-state index contributed by atoms with van der Waals surface area (Å²) in [5.41, 5.74) is 5.84. The second kappa shape index (κ2) is 8.67. The zero-order chi connectivity index (χ0) is 22.0. The highest BCUT2D eigenvalue weighted by Crippen LogP contribution is 2.42. The first-order chi connectivity index (χ1) is 13.9. The van der Waals surface area contributed by atoms with E-state index in [0.717, 1.165) is 44.6 Å². The van der Waals surface area contributed by atoms with Crippen LogP contribution in [-0.4, -0.2) is 50.8 Å². The molecule has 0 aliphatic carbocycles. The Labute approximate surface area is 184 Å². The minimum atomic E-state index is -1.36. The van der Waals surface area contributed by atoms with Crippen LogP contribution in [0.5, 0.6) is 0 Å². The van der Waals surface area contributed by atoms with Crippen LogP contribution in [0, 0.1) is 16.9 Å². The van der Waals surface area contributed by atoms with Gasteiger partial charge >= 0.3 is 6.09 Å². The molecule has 4 nitrogen and oxygen atoms in total. The Morgan fingerprint density at radius 1 is 1.03 bits per heavy atom. The van der Waals surface area contributed by atoms with Crippen LogP contribution in [-0.2, 0) is 4.74 Å². The summed E-state index contributed by atoms with van der Waals surface area (Å²) >= 11 is 0. The van der Waals surface area contributed by atoms with Gasteiger partial charge in [0, 0.05) is 37.4 Å². The molecule has 0 saturated carbocycles. The van der Waals surface area contributed by atoms with Crippen LogP contribution >= 0.6 is 0 Å². The highest BCUT2D eigenvalue weighted by Gasteiger charge is 2.39. The van der Waals surface area contributed by atoms with Gasteiger partial charge in [0.25, 0.3) is 0 Å². The molecular weight excluding hydrogens is 388 g/mol. The number of benzene rings is 1. The summed E-state index contributed by atoms with van der Waals surface area (Å²) in [6.07, 6.45) is 4.40. The lowest BCUT2D eigenvalue weighted by Crippen LogP contribution is -2.49. The third-order valence-electron chi connectivity index (χ3n) is 6.09. The molecule has 0 bridgehead atoms. The lowest BCUT2D eigenvalue weighted by molar-refractivity contribution is 0.00666. The zero-order valence-corrected chi connectivity index (χ0v) is 20.7. The van der Waals surface area contributed by atoms with Crippen molar-refractivity contribution in [3.8, 4) is 11.5 Å². The molecule has 5 heteroatoms. The number of hydrogen-bond acceptors (Lipinski definition) is 3. The van der Waals surface area contributed by atoms with Crippen LogP contribution in [0.2, 0.25) is 19.6 Å². The van der Waals surface area contributed by atoms with Crippen molar-refractivity contribution in [2.24, 2.45) is 5.41 Å². The maximum Gasteiger partial charge on any atom is 0.410 e. The van der Waals surface area contributed by atoms with Gasteiger partial charge in [-0.25, -0.2) is 4.79 Å². The summed E-state index contributed by atoms with van der Waals surface area (Å²) in [6, 6.07) is 8.71. The molecule has 2 saturated heterocycles. The van der Waals surface area contributed by atoms with Crippen molar-refractivity contribution >= 4 is 19.9 Å². The summed E-state index contributed by atoms with van der Waals surface area (Å²) in [5.74, 6) is 3.39. The van der Waals surface area contributed by atoms with E-state index in [-0.39, 0.29) is 6.09 Å². The van der Waals surface area contributed by atoms with E-state index < -0.39 is 13.7 Å². The van der Waals surface area contributed by atoms with Crippen molar-refractivity contribution in [1.82, 2.24) is 4.90 Å². The molecule has 30 heavy (non-hydrogen) atoms. The number of likely N-dealkylation sites (tertiary alicyclic amines) is 1. The first kappa shape index (κ1) is 22.7. The van der Waals surface area contributed by atoms with Gasteiger partial charge in [-0.2, -0.15) is 0 Å². The molecule has 1 aromatic carbocycles. The van der Waals surface area contributed by atoms with E-state index in [1.54, 1.807) is 0 Å². The van der Waals surface area contributed by atoms with E-state index in [1.165, 1.54) is 18.5 Å². The number of carbonyl (C=O) groups is 1. The number of piperidine rings is 2. The number of rotatable bonds is 1.